The lowest BCUT2D eigenvalue weighted by molar-refractivity contribution is -0.140. The predicted octanol–water partition coefficient (Wildman–Crippen LogP) is 5.70. The van der Waals surface area contributed by atoms with E-state index in [9.17, 15) is 14.7 Å². The van der Waals surface area contributed by atoms with Crippen LogP contribution in [0.4, 0.5) is 0 Å². The summed E-state index contributed by atoms with van der Waals surface area (Å²) in [7, 11) is 0. The standard InChI is InChI=1S/C28H29NO5/c1-4-5-14-33-21-12-10-20(11-13-21)25-24(26(30)23-16-18(2)8-9-19(23)3)27(31)28(32)29(25)17-22-7-6-15-34-22/h6-13,15-16,25,30H,4-5,14,17H2,1-3H3. The van der Waals surface area contributed by atoms with E-state index >= 15 is 0 Å². The molecule has 176 valence electrons. The molecule has 2 aromatic carbocycles. The Kier molecular flexibility index (Phi) is 6.87. The number of aliphatic hydroxyl groups is 1. The maximum atomic E-state index is 13.2. The number of ether oxygens (including phenoxy) is 1. The van der Waals surface area contributed by atoms with Crippen LogP contribution in [0.25, 0.3) is 5.76 Å². The lowest BCUT2D eigenvalue weighted by Crippen LogP contribution is -2.29. The van der Waals surface area contributed by atoms with E-state index < -0.39 is 17.7 Å². The number of nitrogens with zero attached hydrogens (tertiary/aromatic N) is 1. The smallest absolute Gasteiger partial charge is 0.296 e. The van der Waals surface area contributed by atoms with Crippen molar-refractivity contribution in [3.05, 3.63) is 94.4 Å². The fraction of sp³-hybridized carbons (Fsp3) is 0.286. The molecule has 1 atom stereocenters. The molecule has 1 aliphatic heterocycles. The molecule has 1 fully saturated rings. The highest BCUT2D eigenvalue weighted by Crippen LogP contribution is 2.41. The summed E-state index contributed by atoms with van der Waals surface area (Å²) in [6.07, 6.45) is 3.53. The van der Waals surface area contributed by atoms with Crippen LogP contribution < -0.4 is 4.74 Å². The summed E-state index contributed by atoms with van der Waals surface area (Å²) in [5.41, 5.74) is 3.09. The Morgan fingerprint density at radius 2 is 1.85 bits per heavy atom. The van der Waals surface area contributed by atoms with Gasteiger partial charge in [-0.05, 0) is 61.7 Å². The Morgan fingerprint density at radius 3 is 2.53 bits per heavy atom. The van der Waals surface area contributed by atoms with Gasteiger partial charge in [-0.1, -0.05) is 43.2 Å². The van der Waals surface area contributed by atoms with Gasteiger partial charge in [-0.25, -0.2) is 0 Å². The van der Waals surface area contributed by atoms with Gasteiger partial charge >= 0.3 is 0 Å². The fourth-order valence-corrected chi connectivity index (χ4v) is 4.18. The van der Waals surface area contributed by atoms with E-state index in [-0.39, 0.29) is 17.9 Å². The number of hydrogen-bond donors (Lipinski definition) is 1. The van der Waals surface area contributed by atoms with Crippen molar-refractivity contribution in [2.75, 3.05) is 6.61 Å². The first-order valence-electron chi connectivity index (χ1n) is 11.5. The molecule has 0 bridgehead atoms. The van der Waals surface area contributed by atoms with Gasteiger partial charge in [0.25, 0.3) is 11.7 Å². The molecule has 1 amide bonds. The molecule has 2 heterocycles. The number of carbonyl (C=O) groups is 2. The van der Waals surface area contributed by atoms with Crippen LogP contribution in [-0.4, -0.2) is 28.3 Å². The fourth-order valence-electron chi connectivity index (χ4n) is 4.18. The van der Waals surface area contributed by atoms with Gasteiger partial charge in [-0.15, -0.1) is 0 Å². The molecule has 6 heteroatoms. The van der Waals surface area contributed by atoms with E-state index in [0.717, 1.165) is 29.7 Å². The summed E-state index contributed by atoms with van der Waals surface area (Å²) in [5.74, 6) is -0.280. The molecule has 34 heavy (non-hydrogen) atoms. The van der Waals surface area contributed by atoms with E-state index in [1.165, 1.54) is 11.2 Å². The number of Topliss-reactive ketones (excluding diaryl/α,β-unsaturated/α-hetero) is 1. The lowest BCUT2D eigenvalue weighted by Gasteiger charge is -2.25. The van der Waals surface area contributed by atoms with Crippen molar-refractivity contribution in [2.45, 2.75) is 46.2 Å². The van der Waals surface area contributed by atoms with Crippen LogP contribution in [0.2, 0.25) is 0 Å². The average Bonchev–Trinajstić information content (AvgIpc) is 3.43. The Morgan fingerprint density at radius 1 is 1.09 bits per heavy atom. The molecule has 1 aromatic heterocycles. The van der Waals surface area contributed by atoms with E-state index in [4.69, 9.17) is 9.15 Å². The normalized spacial score (nSPS) is 17.4. The van der Waals surface area contributed by atoms with Gasteiger partial charge in [-0.2, -0.15) is 0 Å². The zero-order chi connectivity index (χ0) is 24.2. The maximum Gasteiger partial charge on any atom is 0.296 e. The molecule has 0 radical (unpaired) electrons. The molecule has 6 nitrogen and oxygen atoms in total. The molecule has 1 aliphatic rings. The first kappa shape index (κ1) is 23.4. The van der Waals surface area contributed by atoms with E-state index in [2.05, 4.69) is 6.92 Å². The summed E-state index contributed by atoms with van der Waals surface area (Å²) in [4.78, 5) is 27.8. The Bertz CT molecular complexity index is 1210. The van der Waals surface area contributed by atoms with Gasteiger partial charge in [-0.3, -0.25) is 9.59 Å². The van der Waals surface area contributed by atoms with Crippen molar-refractivity contribution in [3.63, 3.8) is 0 Å². The maximum absolute atomic E-state index is 13.2. The van der Waals surface area contributed by atoms with Crippen molar-refractivity contribution < 1.29 is 23.8 Å². The number of rotatable bonds is 8. The van der Waals surface area contributed by atoms with Crippen molar-refractivity contribution in [1.82, 2.24) is 4.90 Å². The number of unbranched alkanes of at least 4 members (excludes halogenated alkanes) is 1. The number of amides is 1. The number of aryl methyl sites for hydroxylation is 2. The van der Waals surface area contributed by atoms with E-state index in [0.29, 0.717) is 23.5 Å². The largest absolute Gasteiger partial charge is 0.507 e. The molecule has 0 aliphatic carbocycles. The third-order valence-electron chi connectivity index (χ3n) is 6.06. The quantitative estimate of drug-likeness (QED) is 0.202. The minimum absolute atomic E-state index is 0.0740. The van der Waals surface area contributed by atoms with Crippen LogP contribution in [-0.2, 0) is 16.1 Å². The monoisotopic (exact) mass is 459 g/mol. The second-order valence-corrected chi connectivity index (χ2v) is 8.60. The Hall–Kier alpha value is -3.80. The van der Waals surface area contributed by atoms with Crippen molar-refractivity contribution >= 4 is 17.4 Å². The SMILES string of the molecule is CCCCOc1ccc(C2C(=C(O)c3cc(C)ccc3C)C(=O)C(=O)N2Cc2ccco2)cc1. The van der Waals surface area contributed by atoms with Crippen LogP contribution >= 0.6 is 0 Å². The molecular weight excluding hydrogens is 430 g/mol. The predicted molar refractivity (Wildman–Crippen MR) is 129 cm³/mol. The highest BCUT2D eigenvalue weighted by Gasteiger charge is 2.46. The van der Waals surface area contributed by atoms with Crippen molar-refractivity contribution in [1.29, 1.82) is 0 Å². The van der Waals surface area contributed by atoms with Gasteiger partial charge in [0.1, 0.15) is 17.3 Å². The van der Waals surface area contributed by atoms with Crippen LogP contribution in [0.15, 0.2) is 70.9 Å². The molecule has 0 spiro atoms. The molecule has 4 rings (SSSR count). The number of benzene rings is 2. The number of furan rings is 1. The van der Waals surface area contributed by atoms with Gasteiger partial charge in [0, 0.05) is 5.56 Å². The first-order chi connectivity index (χ1) is 16.4. The summed E-state index contributed by atoms with van der Waals surface area (Å²) in [5, 5.41) is 11.3. The summed E-state index contributed by atoms with van der Waals surface area (Å²) in [6.45, 7) is 6.62. The van der Waals surface area contributed by atoms with Gasteiger partial charge in [0.2, 0.25) is 0 Å². The Balaban J connectivity index is 1.79. The number of aliphatic hydroxyl groups excluding tert-OH is 1. The number of carbonyl (C=O) groups excluding carboxylic acids is 2. The van der Waals surface area contributed by atoms with Crippen molar-refractivity contribution in [2.24, 2.45) is 0 Å². The lowest BCUT2D eigenvalue weighted by atomic mass is 9.93. The van der Waals surface area contributed by atoms with Gasteiger partial charge in [0.15, 0.2) is 0 Å². The minimum Gasteiger partial charge on any atom is -0.507 e. The summed E-state index contributed by atoms with van der Waals surface area (Å²) < 4.78 is 11.2. The second kappa shape index (κ2) is 10.00. The number of likely N-dealkylation sites (tertiary alicyclic amines) is 1. The number of hydrogen-bond acceptors (Lipinski definition) is 5. The van der Waals surface area contributed by atoms with Crippen LogP contribution in [0, 0.1) is 13.8 Å². The number of ketones is 1. The summed E-state index contributed by atoms with van der Waals surface area (Å²) >= 11 is 0. The molecule has 1 saturated heterocycles. The highest BCUT2D eigenvalue weighted by atomic mass is 16.5. The molecular formula is C28H29NO5. The van der Waals surface area contributed by atoms with Crippen molar-refractivity contribution in [3.8, 4) is 5.75 Å². The van der Waals surface area contributed by atoms with Crippen LogP contribution in [0.3, 0.4) is 0 Å². The van der Waals surface area contributed by atoms with E-state index in [1.54, 1.807) is 12.1 Å². The van der Waals surface area contributed by atoms with Crippen LogP contribution in [0.5, 0.6) is 5.75 Å². The summed E-state index contributed by atoms with van der Waals surface area (Å²) in [6, 6.07) is 15.7. The molecule has 1 unspecified atom stereocenters. The zero-order valence-corrected chi connectivity index (χ0v) is 19.7. The zero-order valence-electron chi connectivity index (χ0n) is 19.7. The third kappa shape index (κ3) is 4.62. The molecule has 3 aromatic rings. The van der Waals surface area contributed by atoms with Crippen LogP contribution in [0.1, 0.15) is 53.8 Å². The highest BCUT2D eigenvalue weighted by molar-refractivity contribution is 6.46. The van der Waals surface area contributed by atoms with Gasteiger partial charge < -0.3 is 19.2 Å². The third-order valence-corrected chi connectivity index (χ3v) is 6.06. The molecule has 0 saturated carbocycles. The topological polar surface area (TPSA) is 80.0 Å². The minimum atomic E-state index is -0.755. The molecule has 1 N–H and O–H groups in total. The van der Waals surface area contributed by atoms with E-state index in [1.807, 2.05) is 56.3 Å². The Labute approximate surface area is 199 Å². The second-order valence-electron chi connectivity index (χ2n) is 8.60. The van der Waals surface area contributed by atoms with Gasteiger partial charge in [0.05, 0.1) is 31.0 Å². The average molecular weight is 460 g/mol. The first-order valence-corrected chi connectivity index (χ1v) is 11.5.